The number of rotatable bonds is 9. The molecular weight excluding hydrogens is 380 g/mol. The third-order valence-corrected chi connectivity index (χ3v) is 6.57. The van der Waals surface area contributed by atoms with Crippen molar-refractivity contribution < 1.29 is 22.7 Å². The maximum absolute atomic E-state index is 12.6. The van der Waals surface area contributed by atoms with E-state index in [4.69, 9.17) is 4.74 Å². The lowest BCUT2D eigenvalue weighted by molar-refractivity contribution is 0.0465. The lowest BCUT2D eigenvalue weighted by Crippen LogP contribution is -2.30. The van der Waals surface area contributed by atoms with Crippen molar-refractivity contribution in [2.75, 3.05) is 19.7 Å². The Bertz CT molecular complexity index is 941. The van der Waals surface area contributed by atoms with Gasteiger partial charge >= 0.3 is 5.97 Å². The first kappa shape index (κ1) is 21.8. The molecule has 0 unspecified atom stereocenters. The number of carbonyl (C=O) groups excluding carboxylic acids is 2. The summed E-state index contributed by atoms with van der Waals surface area (Å²) in [6.07, 6.45) is 2.24. The minimum Gasteiger partial charge on any atom is -0.453 e. The number of esters is 1. The number of aromatic nitrogens is 1. The number of hydrogen-bond acceptors (Lipinski definition) is 5. The molecule has 0 saturated heterocycles. The summed E-state index contributed by atoms with van der Waals surface area (Å²) in [7, 11) is -2.12. The molecule has 0 fully saturated rings. The van der Waals surface area contributed by atoms with Crippen LogP contribution in [0.1, 0.15) is 47.2 Å². The normalized spacial score (nSPS) is 11.6. The number of nitrogens with zero attached hydrogens (tertiary/aromatic N) is 2. The van der Waals surface area contributed by atoms with Crippen LogP contribution in [0.25, 0.3) is 0 Å². The van der Waals surface area contributed by atoms with Crippen LogP contribution in [-0.2, 0) is 28.2 Å². The summed E-state index contributed by atoms with van der Waals surface area (Å²) in [6.45, 7) is 5.77. The van der Waals surface area contributed by atoms with Crippen molar-refractivity contribution in [2.24, 2.45) is 7.05 Å². The average Bonchev–Trinajstić information content (AvgIpc) is 3.09. The first-order chi connectivity index (χ1) is 13.2. The second-order valence-corrected chi connectivity index (χ2v) is 8.25. The van der Waals surface area contributed by atoms with Crippen molar-refractivity contribution in [3.8, 4) is 0 Å². The summed E-state index contributed by atoms with van der Waals surface area (Å²) < 4.78 is 33.0. The van der Waals surface area contributed by atoms with Crippen molar-refractivity contribution in [1.29, 1.82) is 0 Å². The molecule has 0 amide bonds. The standard InChI is InChI=1S/C20H26N2O5S/c1-5-15-8-10-16(11-9-15)19(23)14-27-20(24)18-12-17(13-21(18)4)28(25,26)22(6-2)7-3/h8-13H,5-7,14H2,1-4H3. The molecule has 0 aliphatic heterocycles. The molecule has 0 aliphatic rings. The molecule has 7 nitrogen and oxygen atoms in total. The molecule has 1 aromatic carbocycles. The minimum atomic E-state index is -3.68. The zero-order valence-electron chi connectivity index (χ0n) is 16.6. The van der Waals surface area contributed by atoms with Gasteiger partial charge in [-0.3, -0.25) is 4.79 Å². The minimum absolute atomic E-state index is 0.0205. The zero-order chi connectivity index (χ0) is 20.9. The van der Waals surface area contributed by atoms with E-state index < -0.39 is 22.6 Å². The molecule has 2 rings (SSSR count). The van der Waals surface area contributed by atoms with Gasteiger partial charge in [0.2, 0.25) is 10.0 Å². The Balaban J connectivity index is 2.10. The Kier molecular flexibility index (Phi) is 7.15. The second kappa shape index (κ2) is 9.16. The Labute approximate surface area is 166 Å². The van der Waals surface area contributed by atoms with Crippen LogP contribution in [0.2, 0.25) is 0 Å². The number of ether oxygens (including phenoxy) is 1. The molecule has 2 aromatic rings. The summed E-state index contributed by atoms with van der Waals surface area (Å²) in [5, 5.41) is 0. The molecule has 0 atom stereocenters. The molecule has 28 heavy (non-hydrogen) atoms. The zero-order valence-corrected chi connectivity index (χ0v) is 17.5. The van der Waals surface area contributed by atoms with E-state index in [0.717, 1.165) is 12.0 Å². The van der Waals surface area contributed by atoms with Crippen molar-refractivity contribution in [2.45, 2.75) is 32.1 Å². The Hall–Kier alpha value is -2.45. The molecule has 0 radical (unpaired) electrons. The van der Waals surface area contributed by atoms with E-state index in [2.05, 4.69) is 0 Å². The van der Waals surface area contributed by atoms with Crippen LogP contribution in [0.3, 0.4) is 0 Å². The number of ketones is 1. The lowest BCUT2D eigenvalue weighted by Gasteiger charge is -2.17. The molecule has 0 bridgehead atoms. The largest absolute Gasteiger partial charge is 0.453 e. The van der Waals surface area contributed by atoms with Gasteiger partial charge in [-0.1, -0.05) is 45.0 Å². The van der Waals surface area contributed by atoms with E-state index in [1.54, 1.807) is 33.0 Å². The van der Waals surface area contributed by atoms with Crippen LogP contribution in [-0.4, -0.2) is 48.7 Å². The molecule has 0 aliphatic carbocycles. The average molecular weight is 407 g/mol. The molecule has 1 heterocycles. The van der Waals surface area contributed by atoms with Gasteiger partial charge in [0.1, 0.15) is 10.6 Å². The Morgan fingerprint density at radius 1 is 1.07 bits per heavy atom. The Morgan fingerprint density at radius 3 is 2.21 bits per heavy atom. The van der Waals surface area contributed by atoms with E-state index in [0.29, 0.717) is 18.7 Å². The van der Waals surface area contributed by atoms with E-state index in [9.17, 15) is 18.0 Å². The van der Waals surface area contributed by atoms with Crippen LogP contribution in [0.5, 0.6) is 0 Å². The van der Waals surface area contributed by atoms with Gasteiger partial charge in [-0.15, -0.1) is 0 Å². The molecule has 152 valence electrons. The number of carbonyl (C=O) groups is 2. The second-order valence-electron chi connectivity index (χ2n) is 6.31. The van der Waals surface area contributed by atoms with E-state index in [1.807, 2.05) is 19.1 Å². The maximum Gasteiger partial charge on any atom is 0.355 e. The van der Waals surface area contributed by atoms with Gasteiger partial charge in [0, 0.05) is 31.9 Å². The lowest BCUT2D eigenvalue weighted by atomic mass is 10.1. The number of sulfonamides is 1. The summed E-state index contributed by atoms with van der Waals surface area (Å²) in [5.74, 6) is -1.07. The highest BCUT2D eigenvalue weighted by Crippen LogP contribution is 2.19. The van der Waals surface area contributed by atoms with Crippen LogP contribution >= 0.6 is 0 Å². The van der Waals surface area contributed by atoms with Crippen molar-refractivity contribution in [1.82, 2.24) is 8.87 Å². The fraction of sp³-hybridized carbons (Fsp3) is 0.400. The third-order valence-electron chi connectivity index (χ3n) is 4.55. The van der Waals surface area contributed by atoms with Crippen LogP contribution in [0.15, 0.2) is 41.4 Å². The highest BCUT2D eigenvalue weighted by atomic mass is 32.2. The summed E-state index contributed by atoms with van der Waals surface area (Å²) in [6, 6.07) is 8.39. The molecule has 0 saturated carbocycles. The number of hydrogen-bond donors (Lipinski definition) is 0. The fourth-order valence-electron chi connectivity index (χ4n) is 2.81. The SMILES string of the molecule is CCc1ccc(C(=O)COC(=O)c2cc(S(=O)(=O)N(CC)CC)cn2C)cc1. The smallest absolute Gasteiger partial charge is 0.355 e. The van der Waals surface area contributed by atoms with E-state index in [-0.39, 0.29) is 16.4 Å². The first-order valence-corrected chi connectivity index (χ1v) is 10.6. The van der Waals surface area contributed by atoms with Gasteiger partial charge in [0.05, 0.1) is 0 Å². The molecular formula is C20H26N2O5S. The van der Waals surface area contributed by atoms with Crippen LogP contribution in [0.4, 0.5) is 0 Å². The summed E-state index contributed by atoms with van der Waals surface area (Å²) in [4.78, 5) is 24.6. The fourth-order valence-corrected chi connectivity index (χ4v) is 4.34. The highest BCUT2D eigenvalue weighted by molar-refractivity contribution is 7.89. The van der Waals surface area contributed by atoms with Crippen LogP contribution in [0, 0.1) is 0 Å². The maximum atomic E-state index is 12.6. The van der Waals surface area contributed by atoms with Crippen LogP contribution < -0.4 is 0 Å². The van der Waals surface area contributed by atoms with E-state index in [1.165, 1.54) is 21.1 Å². The number of benzene rings is 1. The van der Waals surface area contributed by atoms with Gasteiger partial charge in [0.25, 0.3) is 0 Å². The van der Waals surface area contributed by atoms with Crippen molar-refractivity contribution in [3.63, 3.8) is 0 Å². The highest BCUT2D eigenvalue weighted by Gasteiger charge is 2.26. The van der Waals surface area contributed by atoms with E-state index >= 15 is 0 Å². The molecule has 1 aromatic heterocycles. The first-order valence-electron chi connectivity index (χ1n) is 9.20. The molecule has 0 spiro atoms. The number of Topliss-reactive ketones (excluding diaryl/α,β-unsaturated/α-hetero) is 1. The van der Waals surface area contributed by atoms with Crippen molar-refractivity contribution in [3.05, 3.63) is 53.3 Å². The summed E-state index contributed by atoms with van der Waals surface area (Å²) in [5.41, 5.74) is 1.64. The van der Waals surface area contributed by atoms with Gasteiger partial charge in [-0.25, -0.2) is 13.2 Å². The molecule has 8 heteroatoms. The third kappa shape index (κ3) is 4.69. The quantitative estimate of drug-likeness (QED) is 0.472. The van der Waals surface area contributed by atoms with Crippen molar-refractivity contribution >= 4 is 21.8 Å². The predicted octanol–water partition coefficient (Wildman–Crippen LogP) is 2.66. The predicted molar refractivity (Wildman–Crippen MR) is 106 cm³/mol. The van der Waals surface area contributed by atoms with Gasteiger partial charge < -0.3 is 9.30 Å². The van der Waals surface area contributed by atoms with Gasteiger partial charge in [-0.05, 0) is 18.1 Å². The van der Waals surface area contributed by atoms with Gasteiger partial charge in [0.15, 0.2) is 12.4 Å². The van der Waals surface area contributed by atoms with Gasteiger partial charge in [-0.2, -0.15) is 4.31 Å². The summed E-state index contributed by atoms with van der Waals surface area (Å²) >= 11 is 0. The molecule has 0 N–H and O–H groups in total. The Morgan fingerprint density at radius 2 is 1.68 bits per heavy atom. The number of aryl methyl sites for hydroxylation is 2. The topological polar surface area (TPSA) is 85.7 Å². The monoisotopic (exact) mass is 406 g/mol.